The molecule has 1 aliphatic heterocycles. The molecule has 1 atom stereocenters. The summed E-state index contributed by atoms with van der Waals surface area (Å²) in [7, 11) is 1.57. The Morgan fingerprint density at radius 2 is 2.11 bits per heavy atom. The van der Waals surface area contributed by atoms with Gasteiger partial charge in [-0.15, -0.1) is 0 Å². The zero-order valence-electron chi connectivity index (χ0n) is 14.4. The Hall–Kier alpha value is -2.93. The number of carbonyl (C=O) groups excluding carboxylic acids is 1. The molecular weight excluding hydrogens is 373 g/mol. The minimum atomic E-state index is -0.453. The number of hydrogen-bond acceptors (Lipinski definition) is 5. The molecule has 1 saturated heterocycles. The van der Waals surface area contributed by atoms with E-state index in [1.54, 1.807) is 7.11 Å². The Morgan fingerprint density at radius 1 is 1.30 bits per heavy atom. The molecule has 1 unspecified atom stereocenters. The van der Waals surface area contributed by atoms with Gasteiger partial charge in [0.1, 0.15) is 11.6 Å². The fraction of sp³-hybridized carbons (Fsp3) is 0.211. The second kappa shape index (κ2) is 7.00. The van der Waals surface area contributed by atoms with E-state index < -0.39 is 5.82 Å². The Bertz CT molecular complexity index is 1010. The fourth-order valence-corrected chi connectivity index (χ4v) is 3.42. The van der Waals surface area contributed by atoms with Crippen LogP contribution in [0.3, 0.4) is 0 Å². The molecular formula is C19H15ClFN3O3. The SMILES string of the molecule is COc1ccccc1-c1noc(C2CC(=O)N(c3ccc(F)cc3Cl)C2)n1. The molecule has 1 amide bonds. The summed E-state index contributed by atoms with van der Waals surface area (Å²) in [5.41, 5.74) is 1.17. The molecule has 0 radical (unpaired) electrons. The molecule has 0 bridgehead atoms. The van der Waals surface area contributed by atoms with Crippen LogP contribution < -0.4 is 9.64 Å². The molecule has 1 aromatic heterocycles. The Balaban J connectivity index is 1.59. The number of ether oxygens (including phenoxy) is 1. The number of rotatable bonds is 4. The van der Waals surface area contributed by atoms with Crippen molar-refractivity contribution < 1.29 is 18.4 Å². The quantitative estimate of drug-likeness (QED) is 0.675. The van der Waals surface area contributed by atoms with E-state index in [1.165, 1.54) is 23.1 Å². The van der Waals surface area contributed by atoms with Gasteiger partial charge in [-0.2, -0.15) is 4.98 Å². The van der Waals surface area contributed by atoms with Crippen molar-refractivity contribution in [3.8, 4) is 17.1 Å². The molecule has 1 aliphatic rings. The van der Waals surface area contributed by atoms with Crippen molar-refractivity contribution in [2.45, 2.75) is 12.3 Å². The highest BCUT2D eigenvalue weighted by Gasteiger charge is 2.36. The van der Waals surface area contributed by atoms with Crippen molar-refractivity contribution >= 4 is 23.2 Å². The first-order valence-electron chi connectivity index (χ1n) is 8.29. The highest BCUT2D eigenvalue weighted by molar-refractivity contribution is 6.33. The summed E-state index contributed by atoms with van der Waals surface area (Å²) in [4.78, 5) is 18.4. The van der Waals surface area contributed by atoms with Crippen molar-refractivity contribution in [3.63, 3.8) is 0 Å². The number of hydrogen-bond donors (Lipinski definition) is 0. The molecule has 0 spiro atoms. The minimum Gasteiger partial charge on any atom is -0.496 e. The summed E-state index contributed by atoms with van der Waals surface area (Å²) in [6, 6.07) is 11.3. The first-order chi connectivity index (χ1) is 13.1. The summed E-state index contributed by atoms with van der Waals surface area (Å²) in [6.45, 7) is 0.331. The van der Waals surface area contributed by atoms with Crippen LogP contribution in [0.15, 0.2) is 47.0 Å². The average Bonchev–Trinajstić information content (AvgIpc) is 3.29. The molecule has 0 aliphatic carbocycles. The van der Waals surface area contributed by atoms with Gasteiger partial charge in [-0.3, -0.25) is 4.79 Å². The maximum atomic E-state index is 13.3. The van der Waals surface area contributed by atoms with Crippen LogP contribution in [-0.4, -0.2) is 29.7 Å². The second-order valence-electron chi connectivity index (χ2n) is 6.16. The van der Waals surface area contributed by atoms with Gasteiger partial charge in [0.15, 0.2) is 0 Å². The number of aromatic nitrogens is 2. The molecule has 138 valence electrons. The van der Waals surface area contributed by atoms with Crippen LogP contribution in [0.5, 0.6) is 5.75 Å². The van der Waals surface area contributed by atoms with Gasteiger partial charge in [0.2, 0.25) is 17.6 Å². The van der Waals surface area contributed by atoms with E-state index >= 15 is 0 Å². The lowest BCUT2D eigenvalue weighted by Crippen LogP contribution is -2.24. The normalized spacial score (nSPS) is 16.8. The molecule has 2 heterocycles. The predicted octanol–water partition coefficient (Wildman–Crippen LogP) is 4.06. The predicted molar refractivity (Wildman–Crippen MR) is 97.4 cm³/mol. The van der Waals surface area contributed by atoms with Crippen molar-refractivity contribution in [3.05, 3.63) is 59.2 Å². The number of carbonyl (C=O) groups is 1. The molecule has 6 nitrogen and oxygen atoms in total. The van der Waals surface area contributed by atoms with Crippen LogP contribution in [0.2, 0.25) is 5.02 Å². The fourth-order valence-electron chi connectivity index (χ4n) is 3.15. The van der Waals surface area contributed by atoms with Gasteiger partial charge < -0.3 is 14.2 Å². The third-order valence-corrected chi connectivity index (χ3v) is 4.77. The van der Waals surface area contributed by atoms with E-state index in [1.807, 2.05) is 24.3 Å². The summed E-state index contributed by atoms with van der Waals surface area (Å²) in [5, 5.41) is 4.20. The average molecular weight is 388 g/mol. The molecule has 4 rings (SSSR count). The van der Waals surface area contributed by atoms with Crippen molar-refractivity contribution in [2.24, 2.45) is 0 Å². The number of methoxy groups -OCH3 is 1. The van der Waals surface area contributed by atoms with Crippen LogP contribution in [-0.2, 0) is 4.79 Å². The lowest BCUT2D eigenvalue weighted by molar-refractivity contribution is -0.117. The Morgan fingerprint density at radius 3 is 2.89 bits per heavy atom. The van der Waals surface area contributed by atoms with Crippen molar-refractivity contribution in [2.75, 3.05) is 18.6 Å². The number of benzene rings is 2. The van der Waals surface area contributed by atoms with Gasteiger partial charge >= 0.3 is 0 Å². The number of nitrogens with zero attached hydrogens (tertiary/aromatic N) is 3. The standard InChI is InChI=1S/C19H15ClFN3O3/c1-26-16-5-3-2-4-13(16)18-22-19(27-23-18)11-8-17(25)24(10-11)15-7-6-12(21)9-14(15)20/h2-7,9,11H,8,10H2,1H3. The van der Waals surface area contributed by atoms with Gasteiger partial charge in [-0.25, -0.2) is 4.39 Å². The lowest BCUT2D eigenvalue weighted by Gasteiger charge is -2.17. The molecule has 27 heavy (non-hydrogen) atoms. The molecule has 1 fully saturated rings. The highest BCUT2D eigenvalue weighted by Crippen LogP contribution is 2.36. The number of anilines is 1. The van der Waals surface area contributed by atoms with E-state index in [4.69, 9.17) is 20.9 Å². The maximum absolute atomic E-state index is 13.3. The van der Waals surface area contributed by atoms with Crippen LogP contribution in [0.1, 0.15) is 18.2 Å². The maximum Gasteiger partial charge on any atom is 0.232 e. The van der Waals surface area contributed by atoms with Crippen LogP contribution >= 0.6 is 11.6 Å². The van der Waals surface area contributed by atoms with Gasteiger partial charge in [0.25, 0.3) is 0 Å². The van der Waals surface area contributed by atoms with E-state index in [0.29, 0.717) is 35.3 Å². The Labute approximate surface area is 159 Å². The Kier molecular flexibility index (Phi) is 4.53. The largest absolute Gasteiger partial charge is 0.496 e. The minimum absolute atomic E-state index is 0.134. The third-order valence-electron chi connectivity index (χ3n) is 4.46. The number of halogens is 2. The monoisotopic (exact) mass is 387 g/mol. The summed E-state index contributed by atoms with van der Waals surface area (Å²) >= 11 is 6.09. The third kappa shape index (κ3) is 3.26. The van der Waals surface area contributed by atoms with Crippen LogP contribution in [0.25, 0.3) is 11.4 Å². The molecule has 0 saturated carbocycles. The van der Waals surface area contributed by atoms with E-state index in [0.717, 1.165) is 0 Å². The first kappa shape index (κ1) is 17.5. The molecule has 8 heteroatoms. The first-order valence-corrected chi connectivity index (χ1v) is 8.67. The van der Waals surface area contributed by atoms with Gasteiger partial charge in [-0.05, 0) is 30.3 Å². The molecule has 3 aromatic rings. The van der Waals surface area contributed by atoms with Crippen molar-refractivity contribution in [1.29, 1.82) is 0 Å². The smallest absolute Gasteiger partial charge is 0.232 e. The van der Waals surface area contributed by atoms with Crippen LogP contribution in [0.4, 0.5) is 10.1 Å². The lowest BCUT2D eigenvalue weighted by atomic mass is 10.1. The molecule has 2 aromatic carbocycles. The number of para-hydroxylation sites is 1. The summed E-state index contributed by atoms with van der Waals surface area (Å²) in [5.74, 6) is 0.538. The zero-order valence-corrected chi connectivity index (χ0v) is 15.1. The van der Waals surface area contributed by atoms with Gasteiger partial charge in [0.05, 0.1) is 29.3 Å². The molecule has 0 N–H and O–H groups in total. The van der Waals surface area contributed by atoms with Gasteiger partial charge in [0, 0.05) is 13.0 Å². The number of amides is 1. The summed E-state index contributed by atoms with van der Waals surface area (Å²) in [6.07, 6.45) is 0.210. The zero-order chi connectivity index (χ0) is 19.0. The van der Waals surface area contributed by atoms with E-state index in [9.17, 15) is 9.18 Å². The second-order valence-corrected chi connectivity index (χ2v) is 6.56. The van der Waals surface area contributed by atoms with Gasteiger partial charge in [-0.1, -0.05) is 28.9 Å². The van der Waals surface area contributed by atoms with E-state index in [2.05, 4.69) is 10.1 Å². The highest BCUT2D eigenvalue weighted by atomic mass is 35.5. The van der Waals surface area contributed by atoms with E-state index in [-0.39, 0.29) is 23.3 Å². The van der Waals surface area contributed by atoms with Crippen molar-refractivity contribution in [1.82, 2.24) is 10.1 Å². The van der Waals surface area contributed by atoms with Crippen LogP contribution in [0, 0.1) is 5.82 Å². The summed E-state index contributed by atoms with van der Waals surface area (Å²) < 4.78 is 24.0. The topological polar surface area (TPSA) is 68.5 Å².